The lowest BCUT2D eigenvalue weighted by molar-refractivity contribution is -0.0174. The minimum atomic E-state index is 0.737. The highest BCUT2D eigenvalue weighted by Crippen LogP contribution is 2.22. The van der Waals surface area contributed by atoms with Crippen molar-refractivity contribution >= 4 is 0 Å². The number of fused-ring (bicyclic) bond motifs is 1. The van der Waals surface area contributed by atoms with E-state index in [4.69, 9.17) is 4.74 Å². The van der Waals surface area contributed by atoms with Gasteiger partial charge in [-0.1, -0.05) is 19.8 Å². The molecule has 0 aromatic carbocycles. The summed E-state index contributed by atoms with van der Waals surface area (Å²) in [5.74, 6) is 0.934. The van der Waals surface area contributed by atoms with E-state index in [2.05, 4.69) is 11.8 Å². The van der Waals surface area contributed by atoms with E-state index in [0.29, 0.717) is 0 Å². The first-order chi connectivity index (χ1) is 6.36. The van der Waals surface area contributed by atoms with Crippen LogP contribution in [-0.4, -0.2) is 37.2 Å². The molecule has 2 heterocycles. The number of rotatable bonds is 0. The molecule has 0 saturated carbocycles. The van der Waals surface area contributed by atoms with Crippen molar-refractivity contribution in [3.05, 3.63) is 0 Å². The van der Waals surface area contributed by atoms with Gasteiger partial charge in [0.15, 0.2) is 0 Å². The number of morpholine rings is 1. The molecule has 0 aromatic rings. The van der Waals surface area contributed by atoms with E-state index < -0.39 is 0 Å². The van der Waals surface area contributed by atoms with Crippen molar-refractivity contribution in [2.45, 2.75) is 38.6 Å². The zero-order valence-corrected chi connectivity index (χ0v) is 8.67. The van der Waals surface area contributed by atoms with Gasteiger partial charge in [0, 0.05) is 12.6 Å². The van der Waals surface area contributed by atoms with E-state index in [1.165, 1.54) is 32.2 Å². The van der Waals surface area contributed by atoms with Gasteiger partial charge in [-0.15, -0.1) is 0 Å². The van der Waals surface area contributed by atoms with Crippen LogP contribution in [0.5, 0.6) is 0 Å². The molecule has 2 aliphatic rings. The van der Waals surface area contributed by atoms with Crippen LogP contribution in [-0.2, 0) is 4.74 Å². The maximum Gasteiger partial charge on any atom is 0.0622 e. The van der Waals surface area contributed by atoms with Gasteiger partial charge < -0.3 is 4.74 Å². The molecular formula is C11H21NO. The van der Waals surface area contributed by atoms with E-state index in [1.807, 2.05) is 0 Å². The number of nitrogens with zero attached hydrogens (tertiary/aromatic N) is 1. The third-order valence-corrected chi connectivity index (χ3v) is 3.49. The molecule has 0 radical (unpaired) electrons. The minimum Gasteiger partial charge on any atom is -0.378 e. The molecule has 0 aliphatic carbocycles. The van der Waals surface area contributed by atoms with E-state index >= 15 is 0 Å². The lowest BCUT2D eigenvalue weighted by Gasteiger charge is -2.38. The highest BCUT2D eigenvalue weighted by Gasteiger charge is 2.24. The SMILES string of the molecule is CC1CCCC2COCCN2CC1. The third-order valence-electron chi connectivity index (χ3n) is 3.49. The molecule has 0 spiro atoms. The van der Waals surface area contributed by atoms with Crippen LogP contribution >= 0.6 is 0 Å². The van der Waals surface area contributed by atoms with Gasteiger partial charge in [0.25, 0.3) is 0 Å². The second-order valence-corrected chi connectivity index (χ2v) is 4.59. The largest absolute Gasteiger partial charge is 0.378 e. The minimum absolute atomic E-state index is 0.737. The molecule has 13 heavy (non-hydrogen) atoms. The lowest BCUT2D eigenvalue weighted by Crippen LogP contribution is -2.46. The number of hydrogen-bond donors (Lipinski definition) is 0. The van der Waals surface area contributed by atoms with Crippen LogP contribution in [0.2, 0.25) is 0 Å². The first-order valence-electron chi connectivity index (χ1n) is 5.68. The molecule has 2 unspecified atom stereocenters. The molecule has 2 nitrogen and oxygen atoms in total. The van der Waals surface area contributed by atoms with E-state index in [1.54, 1.807) is 0 Å². The highest BCUT2D eigenvalue weighted by molar-refractivity contribution is 4.78. The summed E-state index contributed by atoms with van der Waals surface area (Å²) in [5, 5.41) is 0. The zero-order chi connectivity index (χ0) is 9.10. The molecule has 2 fully saturated rings. The Bertz CT molecular complexity index is 160. The van der Waals surface area contributed by atoms with Gasteiger partial charge in [0.05, 0.1) is 13.2 Å². The molecule has 2 heteroatoms. The fraction of sp³-hybridized carbons (Fsp3) is 1.00. The smallest absolute Gasteiger partial charge is 0.0622 e. The van der Waals surface area contributed by atoms with Crippen LogP contribution in [0.1, 0.15) is 32.6 Å². The highest BCUT2D eigenvalue weighted by atomic mass is 16.5. The Kier molecular flexibility index (Phi) is 3.23. The summed E-state index contributed by atoms with van der Waals surface area (Å²) in [6, 6.07) is 0.737. The quantitative estimate of drug-likeness (QED) is 0.568. The standard InChI is InChI=1S/C11H21NO/c1-10-3-2-4-11-9-13-8-7-12(11)6-5-10/h10-11H,2-9H2,1H3. The predicted molar refractivity (Wildman–Crippen MR) is 53.8 cm³/mol. The first kappa shape index (κ1) is 9.47. The average molecular weight is 183 g/mol. The van der Waals surface area contributed by atoms with Crippen LogP contribution in [0.3, 0.4) is 0 Å². The van der Waals surface area contributed by atoms with Crippen molar-refractivity contribution in [1.82, 2.24) is 4.90 Å². The van der Waals surface area contributed by atoms with Crippen molar-refractivity contribution in [2.75, 3.05) is 26.3 Å². The van der Waals surface area contributed by atoms with Gasteiger partial charge >= 0.3 is 0 Å². The van der Waals surface area contributed by atoms with E-state index in [0.717, 1.165) is 31.7 Å². The second-order valence-electron chi connectivity index (χ2n) is 4.59. The number of hydrogen-bond acceptors (Lipinski definition) is 2. The van der Waals surface area contributed by atoms with Crippen molar-refractivity contribution in [1.29, 1.82) is 0 Å². The van der Waals surface area contributed by atoms with Crippen molar-refractivity contribution in [2.24, 2.45) is 5.92 Å². The van der Waals surface area contributed by atoms with Crippen molar-refractivity contribution in [3.63, 3.8) is 0 Å². The zero-order valence-electron chi connectivity index (χ0n) is 8.67. The van der Waals surface area contributed by atoms with E-state index in [-0.39, 0.29) is 0 Å². The Labute approximate surface area is 81.3 Å². The van der Waals surface area contributed by atoms with Crippen molar-refractivity contribution < 1.29 is 4.74 Å². The predicted octanol–water partition coefficient (Wildman–Crippen LogP) is 1.90. The molecule has 0 amide bonds. The fourth-order valence-electron chi connectivity index (χ4n) is 2.48. The van der Waals surface area contributed by atoms with Crippen molar-refractivity contribution in [3.8, 4) is 0 Å². The monoisotopic (exact) mass is 183 g/mol. The Morgan fingerprint density at radius 1 is 1.15 bits per heavy atom. The first-order valence-corrected chi connectivity index (χ1v) is 5.68. The summed E-state index contributed by atoms with van der Waals surface area (Å²) < 4.78 is 5.52. The molecule has 76 valence electrons. The Balaban J connectivity index is 1.90. The lowest BCUT2D eigenvalue weighted by atomic mass is 9.94. The summed E-state index contributed by atoms with van der Waals surface area (Å²) in [4.78, 5) is 2.64. The van der Waals surface area contributed by atoms with Crippen LogP contribution in [0.4, 0.5) is 0 Å². The summed E-state index contributed by atoms with van der Waals surface area (Å²) in [7, 11) is 0. The van der Waals surface area contributed by atoms with Crippen LogP contribution in [0, 0.1) is 5.92 Å². The summed E-state index contributed by atoms with van der Waals surface area (Å²) >= 11 is 0. The Morgan fingerprint density at radius 2 is 2.08 bits per heavy atom. The fourth-order valence-corrected chi connectivity index (χ4v) is 2.48. The van der Waals surface area contributed by atoms with Gasteiger partial charge in [-0.05, 0) is 25.3 Å². The van der Waals surface area contributed by atoms with E-state index in [9.17, 15) is 0 Å². The second kappa shape index (κ2) is 4.43. The maximum atomic E-state index is 5.52. The maximum absolute atomic E-state index is 5.52. The van der Waals surface area contributed by atoms with Crippen LogP contribution in [0.15, 0.2) is 0 Å². The van der Waals surface area contributed by atoms with Gasteiger partial charge in [-0.25, -0.2) is 0 Å². The Morgan fingerprint density at radius 3 is 3.00 bits per heavy atom. The van der Waals surface area contributed by atoms with Crippen LogP contribution < -0.4 is 0 Å². The molecule has 2 aliphatic heterocycles. The van der Waals surface area contributed by atoms with Gasteiger partial charge in [0.2, 0.25) is 0 Å². The topological polar surface area (TPSA) is 12.5 Å². The third kappa shape index (κ3) is 2.44. The molecule has 0 aromatic heterocycles. The average Bonchev–Trinajstić information content (AvgIpc) is 2.13. The summed E-state index contributed by atoms with van der Waals surface area (Å²) in [5.41, 5.74) is 0. The molecule has 0 N–H and O–H groups in total. The van der Waals surface area contributed by atoms with Crippen LogP contribution in [0.25, 0.3) is 0 Å². The molecular weight excluding hydrogens is 162 g/mol. The molecule has 0 bridgehead atoms. The normalized spacial score (nSPS) is 37.6. The summed E-state index contributed by atoms with van der Waals surface area (Å²) in [6.45, 7) is 6.78. The summed E-state index contributed by atoms with van der Waals surface area (Å²) in [6.07, 6.45) is 5.55. The molecule has 2 saturated heterocycles. The van der Waals surface area contributed by atoms with Gasteiger partial charge in [-0.2, -0.15) is 0 Å². The molecule has 2 atom stereocenters. The van der Waals surface area contributed by atoms with Gasteiger partial charge in [0.1, 0.15) is 0 Å². The molecule has 2 rings (SSSR count). The number of ether oxygens (including phenoxy) is 1. The van der Waals surface area contributed by atoms with Gasteiger partial charge in [-0.3, -0.25) is 4.90 Å². The Hall–Kier alpha value is -0.0800.